The number of amides is 1. The largest absolute Gasteiger partial charge is 0.500 e. The van der Waals surface area contributed by atoms with Gasteiger partial charge in [-0.1, -0.05) is 6.58 Å². The summed E-state index contributed by atoms with van der Waals surface area (Å²) in [5, 5.41) is 11.7. The van der Waals surface area contributed by atoms with Crippen LogP contribution in [0.1, 0.15) is 15.9 Å². The Balaban J connectivity index is 1.78. The highest BCUT2D eigenvalue weighted by Gasteiger charge is 2.18. The fourth-order valence-corrected chi connectivity index (χ4v) is 2.65. The molecule has 1 aliphatic heterocycles. The van der Waals surface area contributed by atoms with E-state index in [9.17, 15) is 4.79 Å². The van der Waals surface area contributed by atoms with Crippen LogP contribution in [0, 0.1) is 12.8 Å². The average molecular weight is 314 g/mol. The minimum Gasteiger partial charge on any atom is -0.500 e. The molecule has 2 heterocycles. The first-order valence-corrected chi connectivity index (χ1v) is 7.75. The maximum Gasteiger partial charge on any atom is 0.251 e. The highest BCUT2D eigenvalue weighted by atomic mass is 16.5. The van der Waals surface area contributed by atoms with Crippen LogP contribution in [0.4, 0.5) is 0 Å². The van der Waals surface area contributed by atoms with Crippen LogP contribution in [0.15, 0.2) is 30.7 Å². The second-order valence-electron chi connectivity index (χ2n) is 6.03. The van der Waals surface area contributed by atoms with Crippen molar-refractivity contribution in [2.24, 2.45) is 5.92 Å². The first-order chi connectivity index (χ1) is 11.1. The zero-order chi connectivity index (χ0) is 16.4. The normalized spacial score (nSPS) is 14.5. The summed E-state index contributed by atoms with van der Waals surface area (Å²) in [6, 6.07) is 3.86. The van der Waals surface area contributed by atoms with E-state index in [-0.39, 0.29) is 5.91 Å². The Morgan fingerprint density at radius 2 is 2.30 bits per heavy atom. The molecule has 2 N–H and O–H groups in total. The lowest BCUT2D eigenvalue weighted by Gasteiger charge is -2.26. The average Bonchev–Trinajstić information content (AvgIpc) is 2.88. The molecule has 0 bridgehead atoms. The monoisotopic (exact) mass is 314 g/mol. The highest BCUT2D eigenvalue weighted by molar-refractivity contribution is 5.99. The summed E-state index contributed by atoms with van der Waals surface area (Å²) in [5.74, 6) is 1.05. The molecule has 6 nitrogen and oxygen atoms in total. The number of aryl methyl sites for hydroxylation is 1. The SMILES string of the molecule is C=C(CNC(=O)c1cc2cn(CC3CNC3)nc2cc1C)OC. The molecule has 3 rings (SSSR count). The lowest BCUT2D eigenvalue weighted by atomic mass is 10.0. The molecule has 1 fully saturated rings. The molecular formula is C17H22N4O2. The lowest BCUT2D eigenvalue weighted by molar-refractivity contribution is 0.0950. The summed E-state index contributed by atoms with van der Waals surface area (Å²) < 4.78 is 6.94. The molecule has 1 aromatic carbocycles. The predicted molar refractivity (Wildman–Crippen MR) is 89.3 cm³/mol. The van der Waals surface area contributed by atoms with E-state index in [1.165, 1.54) is 7.11 Å². The molecule has 1 aromatic heterocycles. The number of carbonyl (C=O) groups excluding carboxylic acids is 1. The van der Waals surface area contributed by atoms with E-state index in [0.717, 1.165) is 36.1 Å². The number of benzene rings is 1. The fraction of sp³-hybridized carbons (Fsp3) is 0.412. The van der Waals surface area contributed by atoms with E-state index in [1.54, 1.807) is 0 Å². The first kappa shape index (κ1) is 15.6. The molecule has 2 aromatic rings. The molecule has 0 atom stereocenters. The predicted octanol–water partition coefficient (Wildman–Crippen LogP) is 1.45. The van der Waals surface area contributed by atoms with E-state index in [4.69, 9.17) is 4.74 Å². The Kier molecular flexibility index (Phi) is 4.34. The van der Waals surface area contributed by atoms with Gasteiger partial charge >= 0.3 is 0 Å². The third-order valence-electron chi connectivity index (χ3n) is 4.19. The minimum atomic E-state index is -0.126. The van der Waals surface area contributed by atoms with Crippen LogP contribution in [0.25, 0.3) is 10.9 Å². The third-order valence-corrected chi connectivity index (χ3v) is 4.19. The van der Waals surface area contributed by atoms with E-state index in [1.807, 2.05) is 29.9 Å². The number of carbonyl (C=O) groups is 1. The van der Waals surface area contributed by atoms with E-state index >= 15 is 0 Å². The van der Waals surface area contributed by atoms with Crippen molar-refractivity contribution in [2.75, 3.05) is 26.7 Å². The Morgan fingerprint density at radius 1 is 1.52 bits per heavy atom. The van der Waals surface area contributed by atoms with Gasteiger partial charge in [-0.05, 0) is 24.6 Å². The van der Waals surface area contributed by atoms with Gasteiger partial charge in [0.1, 0.15) is 5.76 Å². The topological polar surface area (TPSA) is 68.2 Å². The quantitative estimate of drug-likeness (QED) is 0.792. The number of ether oxygens (including phenoxy) is 1. The Morgan fingerprint density at radius 3 is 2.96 bits per heavy atom. The smallest absolute Gasteiger partial charge is 0.251 e. The number of methoxy groups -OCH3 is 1. The summed E-state index contributed by atoms with van der Waals surface area (Å²) in [5.41, 5.74) is 2.49. The van der Waals surface area contributed by atoms with Crippen LogP contribution < -0.4 is 10.6 Å². The van der Waals surface area contributed by atoms with Gasteiger partial charge in [-0.15, -0.1) is 0 Å². The zero-order valence-electron chi connectivity index (χ0n) is 13.6. The molecule has 0 radical (unpaired) electrons. The van der Waals surface area contributed by atoms with Crippen molar-refractivity contribution in [3.05, 3.63) is 41.8 Å². The number of aromatic nitrogens is 2. The van der Waals surface area contributed by atoms with Gasteiger partial charge in [0.05, 0.1) is 19.2 Å². The summed E-state index contributed by atoms with van der Waals surface area (Å²) in [6.45, 7) is 8.94. The third kappa shape index (κ3) is 3.37. The standard InChI is InChI=1S/C17H22N4O2/c1-11-4-16-14(10-21(20-16)9-13-7-18-8-13)5-15(11)17(22)19-6-12(2)23-3/h4-5,10,13,18H,2,6-9H2,1,3H3,(H,19,22). The van der Waals surface area contributed by atoms with Gasteiger partial charge < -0.3 is 15.4 Å². The first-order valence-electron chi connectivity index (χ1n) is 7.75. The summed E-state index contributed by atoms with van der Waals surface area (Å²) >= 11 is 0. The van der Waals surface area contributed by atoms with Crippen LogP contribution in [-0.4, -0.2) is 42.4 Å². The molecule has 1 saturated heterocycles. The summed E-state index contributed by atoms with van der Waals surface area (Å²) in [4.78, 5) is 12.3. The van der Waals surface area contributed by atoms with Crippen molar-refractivity contribution in [3.63, 3.8) is 0 Å². The van der Waals surface area contributed by atoms with Crippen LogP contribution in [0.2, 0.25) is 0 Å². The second kappa shape index (κ2) is 6.42. The van der Waals surface area contributed by atoms with Crippen molar-refractivity contribution in [1.29, 1.82) is 0 Å². The van der Waals surface area contributed by atoms with Crippen molar-refractivity contribution in [1.82, 2.24) is 20.4 Å². The molecular weight excluding hydrogens is 292 g/mol. The molecule has 0 aliphatic carbocycles. The van der Waals surface area contributed by atoms with Crippen molar-refractivity contribution in [3.8, 4) is 0 Å². The Hall–Kier alpha value is -2.34. The van der Waals surface area contributed by atoms with Gasteiger partial charge in [0.2, 0.25) is 0 Å². The molecule has 6 heteroatoms. The van der Waals surface area contributed by atoms with Crippen LogP contribution >= 0.6 is 0 Å². The molecule has 1 amide bonds. The van der Waals surface area contributed by atoms with Crippen molar-refractivity contribution in [2.45, 2.75) is 13.5 Å². The summed E-state index contributed by atoms with van der Waals surface area (Å²) in [7, 11) is 1.54. The van der Waals surface area contributed by atoms with Gasteiger partial charge in [-0.3, -0.25) is 9.48 Å². The van der Waals surface area contributed by atoms with E-state index in [0.29, 0.717) is 23.8 Å². The fourth-order valence-electron chi connectivity index (χ4n) is 2.65. The lowest BCUT2D eigenvalue weighted by Crippen LogP contribution is -2.44. The van der Waals surface area contributed by atoms with Gasteiger partial charge in [0, 0.05) is 42.7 Å². The number of nitrogens with zero attached hydrogens (tertiary/aromatic N) is 2. The van der Waals surface area contributed by atoms with Crippen molar-refractivity contribution >= 4 is 16.8 Å². The minimum absolute atomic E-state index is 0.126. The van der Waals surface area contributed by atoms with Crippen LogP contribution in [-0.2, 0) is 11.3 Å². The highest BCUT2D eigenvalue weighted by Crippen LogP contribution is 2.20. The van der Waals surface area contributed by atoms with Gasteiger partial charge in [0.15, 0.2) is 0 Å². The maximum atomic E-state index is 12.3. The number of rotatable bonds is 6. The van der Waals surface area contributed by atoms with Gasteiger partial charge in [-0.2, -0.15) is 5.10 Å². The van der Waals surface area contributed by atoms with Crippen molar-refractivity contribution < 1.29 is 9.53 Å². The Labute approximate surface area is 135 Å². The van der Waals surface area contributed by atoms with Gasteiger partial charge in [0.25, 0.3) is 5.91 Å². The van der Waals surface area contributed by atoms with E-state index in [2.05, 4.69) is 22.3 Å². The summed E-state index contributed by atoms with van der Waals surface area (Å²) in [6.07, 6.45) is 2.01. The molecule has 0 unspecified atom stereocenters. The van der Waals surface area contributed by atoms with Gasteiger partial charge in [-0.25, -0.2) is 0 Å². The number of fused-ring (bicyclic) bond motifs is 1. The molecule has 1 aliphatic rings. The molecule has 23 heavy (non-hydrogen) atoms. The molecule has 122 valence electrons. The van der Waals surface area contributed by atoms with Crippen LogP contribution in [0.5, 0.6) is 0 Å². The second-order valence-corrected chi connectivity index (χ2v) is 6.03. The number of nitrogens with one attached hydrogen (secondary N) is 2. The molecule has 0 saturated carbocycles. The van der Waals surface area contributed by atoms with Crippen LogP contribution in [0.3, 0.4) is 0 Å². The zero-order valence-corrected chi connectivity index (χ0v) is 13.6. The Bertz CT molecular complexity index is 746. The number of hydrogen-bond donors (Lipinski definition) is 2. The number of hydrogen-bond acceptors (Lipinski definition) is 4. The maximum absolute atomic E-state index is 12.3. The van der Waals surface area contributed by atoms with E-state index < -0.39 is 0 Å². The molecule has 0 spiro atoms.